The highest BCUT2D eigenvalue weighted by molar-refractivity contribution is 5.97. The van der Waals surface area contributed by atoms with Gasteiger partial charge in [-0.25, -0.2) is 0 Å². The Morgan fingerprint density at radius 3 is 2.78 bits per heavy atom. The molecule has 5 nitrogen and oxygen atoms in total. The molecule has 5 heteroatoms. The largest absolute Gasteiger partial charge is 0.507 e. The van der Waals surface area contributed by atoms with Crippen molar-refractivity contribution in [3.8, 4) is 11.5 Å². The molecular formula is C13H17NO4. The first kappa shape index (κ1) is 12.7. The first-order valence-corrected chi connectivity index (χ1v) is 5.96. The summed E-state index contributed by atoms with van der Waals surface area (Å²) >= 11 is 0. The van der Waals surface area contributed by atoms with Crippen molar-refractivity contribution >= 4 is 5.91 Å². The highest BCUT2D eigenvalue weighted by Gasteiger charge is 2.19. The van der Waals surface area contributed by atoms with Crippen molar-refractivity contribution in [2.24, 2.45) is 0 Å². The molecule has 0 saturated carbocycles. The van der Waals surface area contributed by atoms with E-state index < -0.39 is 0 Å². The van der Waals surface area contributed by atoms with Crippen LogP contribution in [0, 0.1) is 0 Å². The molecule has 0 aromatic heterocycles. The van der Waals surface area contributed by atoms with Crippen molar-refractivity contribution in [2.45, 2.75) is 18.9 Å². The number of rotatable bonds is 3. The molecule has 0 atom stereocenters. The van der Waals surface area contributed by atoms with E-state index in [1.165, 1.54) is 13.2 Å². The number of carbonyl (C=O) groups is 1. The van der Waals surface area contributed by atoms with Gasteiger partial charge >= 0.3 is 0 Å². The number of benzene rings is 1. The summed E-state index contributed by atoms with van der Waals surface area (Å²) in [5, 5.41) is 12.7. The Morgan fingerprint density at radius 2 is 2.17 bits per heavy atom. The zero-order valence-corrected chi connectivity index (χ0v) is 10.3. The van der Waals surface area contributed by atoms with Gasteiger partial charge in [0.1, 0.15) is 11.5 Å². The minimum atomic E-state index is -0.262. The lowest BCUT2D eigenvalue weighted by Crippen LogP contribution is -2.38. The Labute approximate surface area is 106 Å². The summed E-state index contributed by atoms with van der Waals surface area (Å²) < 4.78 is 10.2. The van der Waals surface area contributed by atoms with Crippen LogP contribution in [0.25, 0.3) is 0 Å². The standard InChI is InChI=1S/C13H17NO4/c1-17-10-2-3-11(12(15)8-10)13(16)14-9-4-6-18-7-5-9/h2-3,8-9,15H,4-7H2,1H3,(H,14,16). The number of hydrogen-bond donors (Lipinski definition) is 2. The summed E-state index contributed by atoms with van der Waals surface area (Å²) in [6, 6.07) is 4.76. The van der Waals surface area contributed by atoms with Crippen LogP contribution in [0.1, 0.15) is 23.2 Å². The number of hydrogen-bond acceptors (Lipinski definition) is 4. The van der Waals surface area contributed by atoms with E-state index in [9.17, 15) is 9.90 Å². The molecule has 2 N–H and O–H groups in total. The van der Waals surface area contributed by atoms with Crippen molar-refractivity contribution < 1.29 is 19.4 Å². The summed E-state index contributed by atoms with van der Waals surface area (Å²) in [7, 11) is 1.51. The molecule has 1 amide bonds. The molecule has 1 heterocycles. The zero-order chi connectivity index (χ0) is 13.0. The number of nitrogens with one attached hydrogen (secondary N) is 1. The monoisotopic (exact) mass is 251 g/mol. The van der Waals surface area contributed by atoms with E-state index in [-0.39, 0.29) is 23.3 Å². The number of phenolic OH excluding ortho intramolecular Hbond substituents is 1. The molecule has 0 unspecified atom stereocenters. The Balaban J connectivity index is 2.03. The Hall–Kier alpha value is -1.75. The second-order valence-corrected chi connectivity index (χ2v) is 4.24. The topological polar surface area (TPSA) is 67.8 Å². The first-order chi connectivity index (χ1) is 8.70. The molecule has 2 rings (SSSR count). The third-order valence-corrected chi connectivity index (χ3v) is 3.01. The average Bonchev–Trinajstić information content (AvgIpc) is 2.39. The van der Waals surface area contributed by atoms with Crippen molar-refractivity contribution in [3.05, 3.63) is 23.8 Å². The van der Waals surface area contributed by atoms with Crippen LogP contribution in [-0.2, 0) is 4.74 Å². The third-order valence-electron chi connectivity index (χ3n) is 3.01. The van der Waals surface area contributed by atoms with E-state index in [1.807, 2.05) is 0 Å². The fourth-order valence-electron chi connectivity index (χ4n) is 1.94. The molecule has 18 heavy (non-hydrogen) atoms. The molecule has 1 fully saturated rings. The highest BCUT2D eigenvalue weighted by atomic mass is 16.5. The van der Waals surface area contributed by atoms with Crippen molar-refractivity contribution in [2.75, 3.05) is 20.3 Å². The second-order valence-electron chi connectivity index (χ2n) is 4.24. The lowest BCUT2D eigenvalue weighted by atomic mass is 10.1. The predicted molar refractivity (Wildman–Crippen MR) is 66.0 cm³/mol. The summed E-state index contributed by atoms with van der Waals surface area (Å²) in [5.41, 5.74) is 0.266. The van der Waals surface area contributed by atoms with Gasteiger partial charge in [0.2, 0.25) is 0 Å². The molecule has 1 aromatic carbocycles. The summed E-state index contributed by atoms with van der Waals surface area (Å²) in [6.45, 7) is 1.33. The van der Waals surface area contributed by atoms with Crippen LogP contribution in [0.3, 0.4) is 0 Å². The molecule has 1 aliphatic heterocycles. The zero-order valence-electron chi connectivity index (χ0n) is 10.3. The van der Waals surface area contributed by atoms with Gasteiger partial charge in [-0.1, -0.05) is 0 Å². The lowest BCUT2D eigenvalue weighted by molar-refractivity contribution is 0.0695. The quantitative estimate of drug-likeness (QED) is 0.850. The van der Waals surface area contributed by atoms with E-state index in [0.29, 0.717) is 19.0 Å². The van der Waals surface area contributed by atoms with Gasteiger partial charge < -0.3 is 19.9 Å². The Kier molecular flexibility index (Phi) is 4.04. The maximum Gasteiger partial charge on any atom is 0.255 e. The number of methoxy groups -OCH3 is 1. The summed E-state index contributed by atoms with van der Waals surface area (Å²) in [6.07, 6.45) is 1.62. The predicted octanol–water partition coefficient (Wildman–Crippen LogP) is 1.31. The van der Waals surface area contributed by atoms with Crippen LogP contribution in [0.4, 0.5) is 0 Å². The minimum Gasteiger partial charge on any atom is -0.507 e. The molecule has 0 aliphatic carbocycles. The van der Waals surface area contributed by atoms with Crippen molar-refractivity contribution in [1.82, 2.24) is 5.32 Å². The smallest absolute Gasteiger partial charge is 0.255 e. The molecule has 0 spiro atoms. The lowest BCUT2D eigenvalue weighted by Gasteiger charge is -2.23. The van der Waals surface area contributed by atoms with Crippen molar-refractivity contribution in [1.29, 1.82) is 0 Å². The maximum atomic E-state index is 12.0. The van der Waals surface area contributed by atoms with E-state index >= 15 is 0 Å². The van der Waals surface area contributed by atoms with Crippen LogP contribution in [-0.4, -0.2) is 37.4 Å². The number of aromatic hydroxyl groups is 1. The number of ether oxygens (including phenoxy) is 2. The molecule has 1 aliphatic rings. The molecule has 0 bridgehead atoms. The van der Waals surface area contributed by atoms with Gasteiger partial charge in [0.05, 0.1) is 12.7 Å². The Morgan fingerprint density at radius 1 is 1.44 bits per heavy atom. The van der Waals surface area contributed by atoms with Crippen LogP contribution < -0.4 is 10.1 Å². The number of amides is 1. The van der Waals surface area contributed by atoms with E-state index in [1.54, 1.807) is 12.1 Å². The van der Waals surface area contributed by atoms with Gasteiger partial charge in [0, 0.05) is 25.3 Å². The summed E-state index contributed by atoms with van der Waals surface area (Å²) in [4.78, 5) is 12.0. The fraction of sp³-hybridized carbons (Fsp3) is 0.462. The van der Waals surface area contributed by atoms with Crippen LogP contribution in [0.5, 0.6) is 11.5 Å². The van der Waals surface area contributed by atoms with Gasteiger partial charge in [0.15, 0.2) is 0 Å². The normalized spacial score (nSPS) is 16.3. The minimum absolute atomic E-state index is 0.0705. The maximum absolute atomic E-state index is 12.0. The van der Waals surface area contributed by atoms with E-state index in [0.717, 1.165) is 12.8 Å². The fourth-order valence-corrected chi connectivity index (χ4v) is 1.94. The van der Waals surface area contributed by atoms with E-state index in [4.69, 9.17) is 9.47 Å². The molecule has 0 radical (unpaired) electrons. The first-order valence-electron chi connectivity index (χ1n) is 5.96. The second kappa shape index (κ2) is 5.73. The van der Waals surface area contributed by atoms with Gasteiger partial charge in [-0.15, -0.1) is 0 Å². The molecule has 1 aromatic rings. The highest BCUT2D eigenvalue weighted by Crippen LogP contribution is 2.23. The average molecular weight is 251 g/mol. The molecule has 98 valence electrons. The van der Waals surface area contributed by atoms with Crippen LogP contribution >= 0.6 is 0 Å². The van der Waals surface area contributed by atoms with Gasteiger partial charge in [0.25, 0.3) is 5.91 Å². The molecule has 1 saturated heterocycles. The molecular weight excluding hydrogens is 234 g/mol. The number of carbonyl (C=O) groups excluding carboxylic acids is 1. The SMILES string of the molecule is COc1ccc(C(=O)NC2CCOCC2)c(O)c1. The van der Waals surface area contributed by atoms with Crippen molar-refractivity contribution in [3.63, 3.8) is 0 Å². The Bertz CT molecular complexity index is 427. The summed E-state index contributed by atoms with van der Waals surface area (Å²) in [5.74, 6) is 0.191. The van der Waals surface area contributed by atoms with Gasteiger partial charge in [-0.2, -0.15) is 0 Å². The van der Waals surface area contributed by atoms with Crippen LogP contribution in [0.2, 0.25) is 0 Å². The van der Waals surface area contributed by atoms with Gasteiger partial charge in [-0.3, -0.25) is 4.79 Å². The van der Waals surface area contributed by atoms with Gasteiger partial charge in [-0.05, 0) is 25.0 Å². The van der Waals surface area contributed by atoms with Crippen LogP contribution in [0.15, 0.2) is 18.2 Å². The third kappa shape index (κ3) is 2.92. The van der Waals surface area contributed by atoms with E-state index in [2.05, 4.69) is 5.32 Å². The number of phenols is 1.